The van der Waals surface area contributed by atoms with E-state index in [2.05, 4.69) is 44.3 Å². The Morgan fingerprint density at radius 3 is 2.79 bits per heavy atom. The van der Waals surface area contributed by atoms with E-state index >= 15 is 0 Å². The van der Waals surface area contributed by atoms with Crippen molar-refractivity contribution in [3.05, 3.63) is 76.7 Å². The number of aryl methyl sites for hydroxylation is 3. The zero-order chi connectivity index (χ0) is 16.4. The molecule has 4 heteroatoms. The molecule has 0 fully saturated rings. The maximum atomic E-state index is 4.75. The van der Waals surface area contributed by atoms with Crippen molar-refractivity contribution in [2.45, 2.75) is 12.8 Å². The first kappa shape index (κ1) is 14.4. The summed E-state index contributed by atoms with van der Waals surface area (Å²) in [6.07, 6.45) is 11.2. The molecule has 0 bridgehead atoms. The molecule has 0 N–H and O–H groups in total. The Morgan fingerprint density at radius 2 is 1.92 bits per heavy atom. The highest BCUT2D eigenvalue weighted by Crippen LogP contribution is 2.17. The summed E-state index contributed by atoms with van der Waals surface area (Å²) in [4.78, 5) is 13.5. The van der Waals surface area contributed by atoms with E-state index in [1.54, 1.807) is 12.4 Å². The number of pyridine rings is 2. The van der Waals surface area contributed by atoms with Gasteiger partial charge in [-0.2, -0.15) is 0 Å². The van der Waals surface area contributed by atoms with Crippen LogP contribution >= 0.6 is 0 Å². The topological polar surface area (TPSA) is 43.6 Å². The van der Waals surface area contributed by atoms with Crippen LogP contribution in [-0.2, 0) is 19.9 Å². The number of nitrogens with zero attached hydrogens (tertiary/aromatic N) is 4. The summed E-state index contributed by atoms with van der Waals surface area (Å²) >= 11 is 0. The number of allylic oxidation sites excluding steroid dienone is 1. The quantitative estimate of drug-likeness (QED) is 0.687. The Balaban J connectivity index is 1.55. The van der Waals surface area contributed by atoms with Crippen LogP contribution in [0.1, 0.15) is 11.5 Å². The van der Waals surface area contributed by atoms with Gasteiger partial charge in [-0.15, -0.1) is 0 Å². The Labute approximate surface area is 139 Å². The lowest BCUT2D eigenvalue weighted by atomic mass is 10.2. The Bertz CT molecular complexity index is 1080. The third-order valence-electron chi connectivity index (χ3n) is 4.07. The van der Waals surface area contributed by atoms with Crippen molar-refractivity contribution >= 4 is 11.8 Å². The Hall–Kier alpha value is -3.19. The summed E-state index contributed by atoms with van der Waals surface area (Å²) in [6, 6.07) is 8.06. The van der Waals surface area contributed by atoms with E-state index < -0.39 is 0 Å². The molecule has 0 saturated heterocycles. The molecule has 0 radical (unpaired) electrons. The van der Waals surface area contributed by atoms with Crippen molar-refractivity contribution in [1.82, 2.24) is 19.5 Å². The first-order valence-corrected chi connectivity index (χ1v) is 7.90. The van der Waals surface area contributed by atoms with Gasteiger partial charge in [0.25, 0.3) is 0 Å². The van der Waals surface area contributed by atoms with Gasteiger partial charge in [0.1, 0.15) is 5.82 Å². The second-order valence-electron chi connectivity index (χ2n) is 5.73. The molecule has 24 heavy (non-hydrogen) atoms. The van der Waals surface area contributed by atoms with Crippen molar-refractivity contribution in [1.29, 1.82) is 0 Å². The lowest BCUT2D eigenvalue weighted by Crippen LogP contribution is -2.28. The average Bonchev–Trinajstić information content (AvgIpc) is 3.01. The molecule has 1 aliphatic rings. The number of imidazole rings is 1. The zero-order valence-corrected chi connectivity index (χ0v) is 13.4. The van der Waals surface area contributed by atoms with Gasteiger partial charge in [-0.25, -0.2) is 4.98 Å². The van der Waals surface area contributed by atoms with Crippen molar-refractivity contribution in [3.63, 3.8) is 0 Å². The minimum absolute atomic E-state index is 0.850. The maximum absolute atomic E-state index is 4.75. The van der Waals surface area contributed by atoms with E-state index in [0.717, 1.165) is 46.2 Å². The van der Waals surface area contributed by atoms with Gasteiger partial charge in [0.05, 0.1) is 16.3 Å². The fourth-order valence-electron chi connectivity index (χ4n) is 2.77. The highest BCUT2D eigenvalue weighted by molar-refractivity contribution is 5.57. The molecule has 0 spiro atoms. The SMILES string of the molecule is Cn1cc(-c2ccncc2)nc1CCc1ccc2c(n1)=CC=C=C=2. The van der Waals surface area contributed by atoms with Gasteiger partial charge in [-0.05, 0) is 42.8 Å². The van der Waals surface area contributed by atoms with Gasteiger partial charge < -0.3 is 4.57 Å². The number of hydrogen-bond donors (Lipinski definition) is 0. The molecule has 3 aromatic rings. The van der Waals surface area contributed by atoms with Crippen LogP contribution in [0.5, 0.6) is 0 Å². The molecular weight excluding hydrogens is 296 g/mol. The molecule has 0 aromatic carbocycles. The summed E-state index contributed by atoms with van der Waals surface area (Å²) in [7, 11) is 2.03. The standard InChI is InChI=1S/C20H16N4/c1-24-14-19(16-10-12-21-13-11-16)23-20(24)9-8-17-7-6-15-4-2-3-5-18(15)22-17/h3,5-7,10-14H,8-9H2,1H3. The molecule has 3 aromatic heterocycles. The number of aromatic nitrogens is 4. The van der Waals surface area contributed by atoms with Crippen molar-refractivity contribution in [2.75, 3.05) is 0 Å². The van der Waals surface area contributed by atoms with Gasteiger partial charge in [0.15, 0.2) is 0 Å². The molecule has 116 valence electrons. The van der Waals surface area contributed by atoms with E-state index in [0.29, 0.717) is 0 Å². The number of hydrogen-bond acceptors (Lipinski definition) is 3. The molecule has 4 nitrogen and oxygen atoms in total. The molecule has 3 heterocycles. The van der Waals surface area contributed by atoms with Gasteiger partial charge in [-0.3, -0.25) is 9.97 Å². The third kappa shape index (κ3) is 2.84. The highest BCUT2D eigenvalue weighted by Gasteiger charge is 2.08. The summed E-state index contributed by atoms with van der Waals surface area (Å²) in [5, 5.41) is 1.96. The second-order valence-corrected chi connectivity index (χ2v) is 5.73. The summed E-state index contributed by atoms with van der Waals surface area (Å²) in [6.45, 7) is 0. The van der Waals surface area contributed by atoms with Crippen LogP contribution in [0.15, 0.2) is 54.7 Å². The first-order chi connectivity index (χ1) is 11.8. The van der Waals surface area contributed by atoms with Gasteiger partial charge in [0.2, 0.25) is 0 Å². The molecular formula is C20H16N4. The van der Waals surface area contributed by atoms with Crippen LogP contribution < -0.4 is 10.6 Å². The first-order valence-electron chi connectivity index (χ1n) is 7.90. The lowest BCUT2D eigenvalue weighted by Gasteiger charge is -2.02. The fourth-order valence-corrected chi connectivity index (χ4v) is 2.77. The molecule has 0 atom stereocenters. The molecule has 1 aliphatic carbocycles. The monoisotopic (exact) mass is 312 g/mol. The van der Waals surface area contributed by atoms with Crippen molar-refractivity contribution < 1.29 is 0 Å². The molecule has 0 unspecified atom stereocenters. The number of fused-ring (bicyclic) bond motifs is 1. The number of rotatable bonds is 4. The Morgan fingerprint density at radius 1 is 1.04 bits per heavy atom. The van der Waals surface area contributed by atoms with Gasteiger partial charge in [0, 0.05) is 43.3 Å². The summed E-state index contributed by atoms with van der Waals surface area (Å²) in [5.41, 5.74) is 9.16. The lowest BCUT2D eigenvalue weighted by molar-refractivity contribution is 0.760. The van der Waals surface area contributed by atoms with Crippen molar-refractivity contribution in [2.24, 2.45) is 7.05 Å². The molecule has 4 rings (SSSR count). The normalized spacial score (nSPS) is 11.7. The van der Waals surface area contributed by atoms with Crippen LogP contribution in [0, 0.1) is 0 Å². The van der Waals surface area contributed by atoms with Crippen LogP contribution in [0.2, 0.25) is 0 Å². The summed E-state index contributed by atoms with van der Waals surface area (Å²) in [5.74, 6) is 1.05. The fraction of sp³-hybridized carbons (Fsp3) is 0.150. The Kier molecular flexibility index (Phi) is 3.68. The zero-order valence-electron chi connectivity index (χ0n) is 13.4. The predicted molar refractivity (Wildman–Crippen MR) is 93.3 cm³/mol. The van der Waals surface area contributed by atoms with E-state index in [9.17, 15) is 0 Å². The predicted octanol–water partition coefficient (Wildman–Crippen LogP) is 1.55. The van der Waals surface area contributed by atoms with Crippen LogP contribution in [-0.4, -0.2) is 19.5 Å². The van der Waals surface area contributed by atoms with E-state index in [-0.39, 0.29) is 0 Å². The third-order valence-corrected chi connectivity index (χ3v) is 4.07. The van der Waals surface area contributed by atoms with Gasteiger partial charge in [-0.1, -0.05) is 11.5 Å². The summed E-state index contributed by atoms with van der Waals surface area (Å²) < 4.78 is 2.08. The smallest absolute Gasteiger partial charge is 0.109 e. The largest absolute Gasteiger partial charge is 0.337 e. The molecule has 0 amide bonds. The average molecular weight is 312 g/mol. The van der Waals surface area contributed by atoms with E-state index in [1.807, 2.05) is 31.3 Å². The second kappa shape index (κ2) is 6.13. The highest BCUT2D eigenvalue weighted by atomic mass is 15.0. The van der Waals surface area contributed by atoms with Crippen LogP contribution in [0.3, 0.4) is 0 Å². The van der Waals surface area contributed by atoms with Crippen LogP contribution in [0.25, 0.3) is 23.1 Å². The maximum Gasteiger partial charge on any atom is 0.109 e. The van der Waals surface area contributed by atoms with E-state index in [1.165, 1.54) is 0 Å². The molecule has 0 aliphatic heterocycles. The minimum atomic E-state index is 0.850. The minimum Gasteiger partial charge on any atom is -0.337 e. The van der Waals surface area contributed by atoms with E-state index in [4.69, 9.17) is 4.98 Å². The molecule has 0 saturated carbocycles. The van der Waals surface area contributed by atoms with Crippen LogP contribution in [0.4, 0.5) is 0 Å². The van der Waals surface area contributed by atoms with Crippen molar-refractivity contribution in [3.8, 4) is 11.3 Å². The van der Waals surface area contributed by atoms with Gasteiger partial charge >= 0.3 is 0 Å².